The molecule has 1 aliphatic heterocycles. The number of halogens is 1. The van der Waals surface area contributed by atoms with Gasteiger partial charge in [-0.2, -0.15) is 0 Å². The number of hydrogen-bond donors (Lipinski definition) is 2. The Bertz CT molecular complexity index is 1530. The molecule has 41 heavy (non-hydrogen) atoms. The third-order valence-electron chi connectivity index (χ3n) is 8.56. The summed E-state index contributed by atoms with van der Waals surface area (Å²) in [6, 6.07) is 20.8. The predicted molar refractivity (Wildman–Crippen MR) is 154 cm³/mol. The number of aromatic nitrogens is 1. The van der Waals surface area contributed by atoms with Crippen LogP contribution in [0.4, 0.5) is 4.39 Å². The van der Waals surface area contributed by atoms with Crippen molar-refractivity contribution in [3.05, 3.63) is 95.9 Å². The van der Waals surface area contributed by atoms with Gasteiger partial charge >= 0.3 is 0 Å². The standard InChI is InChI=1S/C33H34FN3O4/c1-40-25-11-7-23(8-12-25)33(16-4-17-33)32(39)36-30(19-22-20-35-29-6-3-2-5-28(22)29)31(38)37-18-15-27(21-37)41-26-13-9-24(34)10-14-26/h2-3,5-14,20,27,30,35H,4,15-19,21H2,1H3,(H,36,39). The van der Waals surface area contributed by atoms with E-state index in [-0.39, 0.29) is 23.7 Å². The molecular formula is C33H34FN3O4. The van der Waals surface area contributed by atoms with Gasteiger partial charge in [0.05, 0.1) is 19.1 Å². The van der Waals surface area contributed by atoms with Gasteiger partial charge in [-0.3, -0.25) is 9.59 Å². The SMILES string of the molecule is COc1ccc(C2(C(=O)NC(Cc3c[nH]c4ccccc34)C(=O)N3CCC(Oc4ccc(F)cc4)C3)CCC2)cc1. The van der Waals surface area contributed by atoms with E-state index in [9.17, 15) is 14.0 Å². The van der Waals surface area contributed by atoms with E-state index in [4.69, 9.17) is 9.47 Å². The topological polar surface area (TPSA) is 83.7 Å². The lowest BCUT2D eigenvalue weighted by atomic mass is 9.63. The number of carbonyl (C=O) groups excluding carboxylic acids is 2. The Balaban J connectivity index is 1.23. The molecule has 2 heterocycles. The Hall–Kier alpha value is -4.33. The quantitative estimate of drug-likeness (QED) is 0.300. The maximum atomic E-state index is 14.0. The fraction of sp³-hybridized carbons (Fsp3) is 0.333. The number of hydrogen-bond acceptors (Lipinski definition) is 4. The van der Waals surface area contributed by atoms with E-state index >= 15 is 0 Å². The lowest BCUT2D eigenvalue weighted by molar-refractivity contribution is -0.138. The van der Waals surface area contributed by atoms with Crippen molar-refractivity contribution in [3.63, 3.8) is 0 Å². The highest BCUT2D eigenvalue weighted by atomic mass is 19.1. The van der Waals surface area contributed by atoms with Crippen LogP contribution in [-0.4, -0.2) is 54.0 Å². The second kappa shape index (κ2) is 11.3. The highest BCUT2D eigenvalue weighted by Gasteiger charge is 2.47. The average molecular weight is 556 g/mol. The highest BCUT2D eigenvalue weighted by Crippen LogP contribution is 2.44. The molecule has 2 unspecified atom stereocenters. The maximum Gasteiger partial charge on any atom is 0.245 e. The van der Waals surface area contributed by atoms with E-state index in [0.717, 1.165) is 47.0 Å². The Morgan fingerprint density at radius 1 is 1.05 bits per heavy atom. The molecule has 1 aromatic heterocycles. The number of rotatable bonds is 9. The highest BCUT2D eigenvalue weighted by molar-refractivity contribution is 5.94. The molecule has 2 N–H and O–H groups in total. The van der Waals surface area contributed by atoms with Crippen LogP contribution in [0.15, 0.2) is 79.0 Å². The third-order valence-corrected chi connectivity index (χ3v) is 8.56. The van der Waals surface area contributed by atoms with Gasteiger partial charge in [-0.15, -0.1) is 0 Å². The first-order valence-corrected chi connectivity index (χ1v) is 14.2. The van der Waals surface area contributed by atoms with Crippen LogP contribution >= 0.6 is 0 Å². The molecule has 4 aromatic rings. The molecule has 212 valence electrons. The third kappa shape index (κ3) is 5.38. The summed E-state index contributed by atoms with van der Waals surface area (Å²) in [7, 11) is 1.62. The number of para-hydroxylation sites is 1. The number of methoxy groups -OCH3 is 1. The average Bonchev–Trinajstić information content (AvgIpc) is 3.61. The largest absolute Gasteiger partial charge is 0.497 e. The normalized spacial score (nSPS) is 18.5. The number of carbonyl (C=O) groups is 2. The van der Waals surface area contributed by atoms with Crippen LogP contribution in [0.5, 0.6) is 11.5 Å². The Kier molecular flexibility index (Phi) is 7.39. The number of nitrogens with zero attached hydrogens (tertiary/aromatic N) is 1. The molecule has 6 rings (SSSR count). The molecule has 7 nitrogen and oxygen atoms in total. The van der Waals surface area contributed by atoms with Crippen LogP contribution in [0, 0.1) is 5.82 Å². The van der Waals surface area contributed by atoms with Crippen molar-refractivity contribution in [2.24, 2.45) is 0 Å². The van der Waals surface area contributed by atoms with Crippen molar-refractivity contribution in [3.8, 4) is 11.5 Å². The summed E-state index contributed by atoms with van der Waals surface area (Å²) < 4.78 is 24.7. The zero-order valence-electron chi connectivity index (χ0n) is 23.1. The van der Waals surface area contributed by atoms with Crippen LogP contribution in [-0.2, 0) is 21.4 Å². The van der Waals surface area contributed by atoms with Crippen molar-refractivity contribution in [2.45, 2.75) is 49.7 Å². The molecule has 2 aliphatic rings. The molecule has 0 bridgehead atoms. The van der Waals surface area contributed by atoms with Gasteiger partial charge in [0.1, 0.15) is 29.5 Å². The Labute approximate surface area is 238 Å². The lowest BCUT2D eigenvalue weighted by Crippen LogP contribution is -2.56. The van der Waals surface area contributed by atoms with E-state index in [1.165, 1.54) is 12.1 Å². The molecule has 8 heteroatoms. The summed E-state index contributed by atoms with van der Waals surface area (Å²) in [5, 5.41) is 4.21. The molecule has 0 radical (unpaired) electrons. The van der Waals surface area contributed by atoms with Crippen LogP contribution in [0.2, 0.25) is 0 Å². The number of aromatic amines is 1. The summed E-state index contributed by atoms with van der Waals surface area (Å²) >= 11 is 0. The smallest absolute Gasteiger partial charge is 0.245 e. The maximum absolute atomic E-state index is 14.0. The molecule has 2 amide bonds. The Morgan fingerprint density at radius 3 is 2.49 bits per heavy atom. The first-order valence-electron chi connectivity index (χ1n) is 14.2. The van der Waals surface area contributed by atoms with Gasteiger partial charge in [-0.05, 0) is 66.4 Å². The summed E-state index contributed by atoms with van der Waals surface area (Å²) in [6.07, 6.45) is 5.16. The summed E-state index contributed by atoms with van der Waals surface area (Å²) in [4.78, 5) is 33.1. The second-order valence-corrected chi connectivity index (χ2v) is 11.0. The van der Waals surface area contributed by atoms with Crippen molar-refractivity contribution in [2.75, 3.05) is 20.2 Å². The van der Waals surface area contributed by atoms with Crippen molar-refractivity contribution < 1.29 is 23.5 Å². The van der Waals surface area contributed by atoms with Gasteiger partial charge in [0.25, 0.3) is 0 Å². The van der Waals surface area contributed by atoms with Gasteiger partial charge in [0.15, 0.2) is 0 Å². The zero-order valence-corrected chi connectivity index (χ0v) is 23.1. The summed E-state index contributed by atoms with van der Waals surface area (Å²) in [6.45, 7) is 0.925. The Morgan fingerprint density at radius 2 is 1.78 bits per heavy atom. The molecular weight excluding hydrogens is 521 g/mol. The van der Waals surface area contributed by atoms with Crippen molar-refractivity contribution in [1.82, 2.24) is 15.2 Å². The van der Waals surface area contributed by atoms with Gasteiger partial charge < -0.3 is 24.7 Å². The predicted octanol–water partition coefficient (Wildman–Crippen LogP) is 5.14. The van der Waals surface area contributed by atoms with Crippen LogP contribution < -0.4 is 14.8 Å². The van der Waals surface area contributed by atoms with Crippen LogP contribution in [0.1, 0.15) is 36.8 Å². The van der Waals surface area contributed by atoms with Crippen molar-refractivity contribution in [1.29, 1.82) is 0 Å². The van der Waals surface area contributed by atoms with Gasteiger partial charge in [-0.25, -0.2) is 4.39 Å². The number of ether oxygens (including phenoxy) is 2. The van der Waals surface area contributed by atoms with Gasteiger partial charge in [0.2, 0.25) is 11.8 Å². The molecule has 2 atom stereocenters. The first kappa shape index (κ1) is 26.9. The van der Waals surface area contributed by atoms with Crippen LogP contribution in [0.25, 0.3) is 10.9 Å². The van der Waals surface area contributed by atoms with Gasteiger partial charge in [0, 0.05) is 36.5 Å². The van der Waals surface area contributed by atoms with E-state index in [0.29, 0.717) is 31.7 Å². The fourth-order valence-corrected chi connectivity index (χ4v) is 6.05. The van der Waals surface area contributed by atoms with Crippen LogP contribution in [0.3, 0.4) is 0 Å². The molecule has 0 spiro atoms. The molecule has 3 aromatic carbocycles. The van der Waals surface area contributed by atoms with E-state index < -0.39 is 11.5 Å². The molecule has 2 fully saturated rings. The van der Waals surface area contributed by atoms with E-state index in [2.05, 4.69) is 10.3 Å². The minimum absolute atomic E-state index is 0.120. The molecule has 1 saturated heterocycles. The number of H-pyrrole nitrogens is 1. The second-order valence-electron chi connectivity index (χ2n) is 11.0. The fourth-order valence-electron chi connectivity index (χ4n) is 6.05. The van der Waals surface area contributed by atoms with Gasteiger partial charge in [-0.1, -0.05) is 36.8 Å². The van der Waals surface area contributed by atoms with Crippen molar-refractivity contribution >= 4 is 22.7 Å². The van der Waals surface area contributed by atoms with E-state index in [1.807, 2.05) is 54.7 Å². The first-order chi connectivity index (χ1) is 19.9. The molecule has 1 saturated carbocycles. The van der Waals surface area contributed by atoms with E-state index in [1.54, 1.807) is 24.1 Å². The number of nitrogens with one attached hydrogen (secondary N) is 2. The zero-order chi connectivity index (χ0) is 28.4. The number of amides is 2. The monoisotopic (exact) mass is 555 g/mol. The number of fused-ring (bicyclic) bond motifs is 1. The minimum Gasteiger partial charge on any atom is -0.497 e. The minimum atomic E-state index is -0.734. The lowest BCUT2D eigenvalue weighted by Gasteiger charge is -2.41. The molecule has 1 aliphatic carbocycles. The number of benzene rings is 3. The summed E-state index contributed by atoms with van der Waals surface area (Å²) in [5.41, 5.74) is 2.24. The number of likely N-dealkylation sites (tertiary alicyclic amines) is 1. The summed E-state index contributed by atoms with van der Waals surface area (Å²) in [5.74, 6) is 0.738.